The minimum absolute atomic E-state index is 0.0694. The maximum atomic E-state index is 13.6. The van der Waals surface area contributed by atoms with Crippen LogP contribution in [0.15, 0.2) is 41.3 Å². The number of benzene rings is 1. The number of carbonyl (C=O) groups is 1. The number of amides is 1. The monoisotopic (exact) mass is 451 g/mol. The molecule has 1 unspecified atom stereocenters. The summed E-state index contributed by atoms with van der Waals surface area (Å²) in [5.74, 6) is -5.80. The lowest BCUT2D eigenvalue weighted by atomic mass is 9.84. The molecule has 0 saturated heterocycles. The van der Waals surface area contributed by atoms with Crippen LogP contribution >= 0.6 is 0 Å². The zero-order valence-electron chi connectivity index (χ0n) is 17.1. The van der Waals surface area contributed by atoms with Crippen LogP contribution in [0.1, 0.15) is 47.8 Å². The smallest absolute Gasteiger partial charge is 0.268 e. The number of carbonyl (C=O) groups excluding carboxylic acids is 1. The largest absolute Gasteiger partial charge is 0.494 e. The first-order chi connectivity index (χ1) is 15.1. The Morgan fingerprint density at radius 2 is 2.03 bits per heavy atom. The summed E-state index contributed by atoms with van der Waals surface area (Å²) in [7, 11) is 1.29. The number of aromatic amines is 1. The maximum absolute atomic E-state index is 13.6. The fourth-order valence-electron chi connectivity index (χ4n) is 3.71. The number of nitrogens with two attached hydrogens (primary N) is 1. The molecule has 170 valence electrons. The molecule has 0 bridgehead atoms. The number of nitrogens with zero attached hydrogens (tertiary/aromatic N) is 1. The van der Waals surface area contributed by atoms with Crippen molar-refractivity contribution in [3.05, 3.63) is 69.8 Å². The fraction of sp³-hybridized carbons (Fsp3) is 0.318. The minimum atomic E-state index is -2.70. The van der Waals surface area contributed by atoms with Gasteiger partial charge in [-0.2, -0.15) is 4.39 Å². The highest BCUT2D eigenvalue weighted by Gasteiger charge is 2.37. The molecule has 0 aliphatic heterocycles. The maximum Gasteiger partial charge on any atom is 0.268 e. The first kappa shape index (κ1) is 23.2. The molecule has 3 aromatic rings. The van der Waals surface area contributed by atoms with Gasteiger partial charge in [0.2, 0.25) is 11.7 Å². The van der Waals surface area contributed by atoms with E-state index in [9.17, 15) is 27.2 Å². The molecule has 10 heteroatoms. The van der Waals surface area contributed by atoms with Crippen molar-refractivity contribution in [3.8, 4) is 5.75 Å². The van der Waals surface area contributed by atoms with Gasteiger partial charge in [0.05, 0.1) is 18.0 Å². The third-order valence-electron chi connectivity index (χ3n) is 5.21. The molecule has 2 heterocycles. The number of pyridine rings is 2. The second-order valence-corrected chi connectivity index (χ2v) is 7.44. The Kier molecular flexibility index (Phi) is 6.81. The summed E-state index contributed by atoms with van der Waals surface area (Å²) in [6.07, 6.45) is 1.99. The Hall–Kier alpha value is -3.43. The van der Waals surface area contributed by atoms with Crippen molar-refractivity contribution in [2.45, 2.75) is 37.5 Å². The van der Waals surface area contributed by atoms with Gasteiger partial charge in [-0.3, -0.25) is 14.6 Å². The van der Waals surface area contributed by atoms with Crippen LogP contribution in [-0.4, -0.2) is 28.9 Å². The number of halogens is 4. The van der Waals surface area contributed by atoms with Crippen molar-refractivity contribution < 1.29 is 27.1 Å². The quantitative estimate of drug-likeness (QED) is 0.581. The summed E-state index contributed by atoms with van der Waals surface area (Å²) in [5.41, 5.74) is 5.53. The Labute approximate surface area is 180 Å². The van der Waals surface area contributed by atoms with Crippen molar-refractivity contribution in [2.75, 3.05) is 7.11 Å². The van der Waals surface area contributed by atoms with Crippen molar-refractivity contribution in [2.24, 2.45) is 5.73 Å². The molecule has 1 atom stereocenters. The van der Waals surface area contributed by atoms with Gasteiger partial charge in [0.15, 0.2) is 17.0 Å². The van der Waals surface area contributed by atoms with Crippen LogP contribution in [0.5, 0.6) is 5.75 Å². The van der Waals surface area contributed by atoms with Gasteiger partial charge in [0, 0.05) is 36.7 Å². The molecule has 0 radical (unpaired) electrons. The SMILES string of the molecule is COc1cccc(F)c1F.NC(=O)c1nccc2[nH]c(C3CCCC(F)(F)C3)cc(=O)c12. The van der Waals surface area contributed by atoms with Crippen LogP contribution < -0.4 is 15.9 Å². The standard InChI is InChI=1S/C15H15F2N3O2.C7H6F2O/c16-15(17)4-1-2-8(7-15)10-6-11(21)12-9(20-10)3-5-19-13(12)14(18)22;1-10-6-4-2-3-5(8)7(6)9/h3,5-6,8H,1-2,4,7H2,(H2,18,22)(H,20,21);2-4H,1H3. The lowest BCUT2D eigenvalue weighted by Crippen LogP contribution is -2.26. The fourth-order valence-corrected chi connectivity index (χ4v) is 3.71. The van der Waals surface area contributed by atoms with Gasteiger partial charge in [-0.05, 0) is 31.0 Å². The summed E-state index contributed by atoms with van der Waals surface area (Å²) < 4.78 is 56.4. The number of hydrogen-bond acceptors (Lipinski definition) is 4. The van der Waals surface area contributed by atoms with E-state index < -0.39 is 34.8 Å². The molecule has 1 saturated carbocycles. The third kappa shape index (κ3) is 5.06. The van der Waals surface area contributed by atoms with Crippen molar-refractivity contribution in [1.29, 1.82) is 0 Å². The molecule has 1 fully saturated rings. The summed E-state index contributed by atoms with van der Waals surface area (Å²) in [6, 6.07) is 6.60. The van der Waals surface area contributed by atoms with E-state index >= 15 is 0 Å². The molecule has 1 aliphatic carbocycles. The minimum Gasteiger partial charge on any atom is -0.494 e. The van der Waals surface area contributed by atoms with Crippen LogP contribution in [0.2, 0.25) is 0 Å². The number of alkyl halides is 2. The highest BCUT2D eigenvalue weighted by Crippen LogP contribution is 2.41. The highest BCUT2D eigenvalue weighted by molar-refractivity contribution is 6.03. The topological polar surface area (TPSA) is 98.1 Å². The Morgan fingerprint density at radius 3 is 2.66 bits per heavy atom. The second-order valence-electron chi connectivity index (χ2n) is 7.44. The molecular weight excluding hydrogens is 430 g/mol. The van der Waals surface area contributed by atoms with Gasteiger partial charge >= 0.3 is 0 Å². The Morgan fingerprint density at radius 1 is 1.28 bits per heavy atom. The van der Waals surface area contributed by atoms with Crippen molar-refractivity contribution in [3.63, 3.8) is 0 Å². The molecule has 3 N–H and O–H groups in total. The lowest BCUT2D eigenvalue weighted by Gasteiger charge is -2.29. The van der Waals surface area contributed by atoms with E-state index in [4.69, 9.17) is 5.73 Å². The zero-order valence-corrected chi connectivity index (χ0v) is 17.1. The number of rotatable bonds is 3. The average Bonchev–Trinajstić information content (AvgIpc) is 2.75. The molecule has 2 aromatic heterocycles. The summed E-state index contributed by atoms with van der Waals surface area (Å²) in [4.78, 5) is 30.4. The number of nitrogens with one attached hydrogen (secondary N) is 1. The number of H-pyrrole nitrogens is 1. The van der Waals surface area contributed by atoms with E-state index in [0.29, 0.717) is 24.1 Å². The van der Waals surface area contributed by atoms with Gasteiger partial charge in [0.25, 0.3) is 5.91 Å². The molecule has 32 heavy (non-hydrogen) atoms. The number of aromatic nitrogens is 2. The van der Waals surface area contributed by atoms with Crippen molar-refractivity contribution in [1.82, 2.24) is 9.97 Å². The molecule has 1 aromatic carbocycles. The average molecular weight is 451 g/mol. The number of methoxy groups -OCH3 is 1. The van der Waals surface area contributed by atoms with Crippen LogP contribution in [-0.2, 0) is 0 Å². The Bertz CT molecular complexity index is 1200. The molecule has 1 amide bonds. The molecule has 0 spiro atoms. The van der Waals surface area contributed by atoms with Crippen molar-refractivity contribution >= 4 is 16.8 Å². The van der Waals surface area contributed by atoms with Crippen LogP contribution in [0.25, 0.3) is 10.9 Å². The van der Waals surface area contributed by atoms with Crippen LogP contribution in [0.4, 0.5) is 17.6 Å². The number of primary amides is 1. The number of fused-ring (bicyclic) bond motifs is 1. The molecule has 6 nitrogen and oxygen atoms in total. The molecule has 4 rings (SSSR count). The number of ether oxygens (including phenoxy) is 1. The predicted octanol–water partition coefficient (Wildman–Crippen LogP) is 4.29. The van der Waals surface area contributed by atoms with E-state index in [1.807, 2.05) is 0 Å². The summed E-state index contributed by atoms with van der Waals surface area (Å²) in [6.45, 7) is 0. The summed E-state index contributed by atoms with van der Waals surface area (Å²) in [5, 5.41) is 0.0984. The van der Waals surface area contributed by atoms with Gasteiger partial charge in [0.1, 0.15) is 5.69 Å². The van der Waals surface area contributed by atoms with E-state index in [-0.39, 0.29) is 29.7 Å². The van der Waals surface area contributed by atoms with E-state index in [2.05, 4.69) is 14.7 Å². The molecular formula is C22H21F4N3O3. The van der Waals surface area contributed by atoms with E-state index in [1.54, 1.807) is 0 Å². The first-order valence-electron chi connectivity index (χ1n) is 9.80. The Balaban J connectivity index is 0.000000243. The normalized spacial score (nSPS) is 17.3. The predicted molar refractivity (Wildman–Crippen MR) is 110 cm³/mol. The van der Waals surface area contributed by atoms with Gasteiger partial charge < -0.3 is 15.5 Å². The third-order valence-corrected chi connectivity index (χ3v) is 5.21. The van der Waals surface area contributed by atoms with E-state index in [1.165, 1.54) is 37.6 Å². The van der Waals surface area contributed by atoms with Gasteiger partial charge in [-0.15, -0.1) is 0 Å². The van der Waals surface area contributed by atoms with Gasteiger partial charge in [-0.1, -0.05) is 6.07 Å². The zero-order chi connectivity index (χ0) is 23.5. The van der Waals surface area contributed by atoms with Crippen LogP contribution in [0, 0.1) is 11.6 Å². The highest BCUT2D eigenvalue weighted by atomic mass is 19.3. The first-order valence-corrected chi connectivity index (χ1v) is 9.80. The number of hydrogen-bond donors (Lipinski definition) is 2. The van der Waals surface area contributed by atoms with Gasteiger partial charge in [-0.25, -0.2) is 13.2 Å². The lowest BCUT2D eigenvalue weighted by molar-refractivity contribution is -0.0412. The van der Waals surface area contributed by atoms with Crippen LogP contribution in [0.3, 0.4) is 0 Å². The van der Waals surface area contributed by atoms with E-state index in [0.717, 1.165) is 6.07 Å². The second kappa shape index (κ2) is 9.37. The molecule has 1 aliphatic rings. The summed E-state index contributed by atoms with van der Waals surface area (Å²) >= 11 is 0.